The van der Waals surface area contributed by atoms with E-state index in [1.165, 1.54) is 0 Å². The van der Waals surface area contributed by atoms with Crippen molar-refractivity contribution < 1.29 is 9.84 Å². The predicted molar refractivity (Wildman–Crippen MR) is 115 cm³/mol. The standard InChI is InChI=1S/C22H24N6O2/c29-9-10-30-17-4-2-16(3-5-17)26-22-24-13-19-18(12-23-21(19)27-22)14-1-6-20-15(11-14)7-8-25-28-20/h1,6-8,11-13,16-17,29H,2-5,9-10H2,(H2,23,24,26,27)/t16-,17+. The minimum absolute atomic E-state index is 0.0808. The largest absolute Gasteiger partial charge is 0.394 e. The normalized spacial score (nSPS) is 19.4. The van der Waals surface area contributed by atoms with E-state index in [0.29, 0.717) is 18.6 Å². The van der Waals surface area contributed by atoms with Crippen LogP contribution in [0.1, 0.15) is 25.7 Å². The first-order valence-corrected chi connectivity index (χ1v) is 10.3. The molecule has 0 spiro atoms. The molecule has 154 valence electrons. The molecular formula is C22H24N6O2. The van der Waals surface area contributed by atoms with E-state index in [9.17, 15) is 0 Å². The van der Waals surface area contributed by atoms with E-state index >= 15 is 0 Å². The Kier molecular flexibility index (Phi) is 5.25. The third kappa shape index (κ3) is 3.83. The first-order valence-electron chi connectivity index (χ1n) is 10.3. The van der Waals surface area contributed by atoms with E-state index in [2.05, 4.69) is 36.5 Å². The number of anilines is 1. The zero-order chi connectivity index (χ0) is 20.3. The average molecular weight is 404 g/mol. The molecule has 0 amide bonds. The predicted octanol–water partition coefficient (Wildman–Crippen LogP) is 3.30. The van der Waals surface area contributed by atoms with Gasteiger partial charge in [-0.2, -0.15) is 15.2 Å². The van der Waals surface area contributed by atoms with Crippen molar-refractivity contribution in [2.75, 3.05) is 18.5 Å². The van der Waals surface area contributed by atoms with Gasteiger partial charge in [-0.3, -0.25) is 0 Å². The number of fused-ring (bicyclic) bond motifs is 2. The summed E-state index contributed by atoms with van der Waals surface area (Å²) in [5, 5.41) is 22.5. The smallest absolute Gasteiger partial charge is 0.224 e. The average Bonchev–Trinajstić information content (AvgIpc) is 3.21. The highest BCUT2D eigenvalue weighted by Gasteiger charge is 2.22. The monoisotopic (exact) mass is 404 g/mol. The molecule has 30 heavy (non-hydrogen) atoms. The molecule has 0 bridgehead atoms. The lowest BCUT2D eigenvalue weighted by atomic mass is 9.93. The van der Waals surface area contributed by atoms with Crippen LogP contribution in [0, 0.1) is 0 Å². The van der Waals surface area contributed by atoms with Crippen LogP contribution in [0.5, 0.6) is 0 Å². The molecule has 0 radical (unpaired) electrons. The Balaban J connectivity index is 1.31. The first-order chi connectivity index (χ1) is 14.8. The molecule has 8 heteroatoms. The number of benzene rings is 1. The number of hydrogen-bond acceptors (Lipinski definition) is 7. The molecular weight excluding hydrogens is 380 g/mol. The van der Waals surface area contributed by atoms with Crippen LogP contribution in [0.4, 0.5) is 5.95 Å². The van der Waals surface area contributed by atoms with Crippen LogP contribution in [0.2, 0.25) is 0 Å². The number of nitrogens with one attached hydrogen (secondary N) is 2. The van der Waals surface area contributed by atoms with E-state index in [0.717, 1.165) is 58.7 Å². The maximum absolute atomic E-state index is 8.89. The molecule has 3 aromatic heterocycles. The summed E-state index contributed by atoms with van der Waals surface area (Å²) in [6, 6.07) is 8.43. The number of aliphatic hydroxyl groups is 1. The van der Waals surface area contributed by atoms with E-state index in [-0.39, 0.29) is 12.7 Å². The van der Waals surface area contributed by atoms with E-state index in [1.54, 1.807) is 6.20 Å². The van der Waals surface area contributed by atoms with Crippen LogP contribution in [0.15, 0.2) is 42.9 Å². The van der Waals surface area contributed by atoms with Crippen LogP contribution in [-0.2, 0) is 4.74 Å². The minimum Gasteiger partial charge on any atom is -0.394 e. The van der Waals surface area contributed by atoms with E-state index in [1.807, 2.05) is 30.6 Å². The molecule has 0 unspecified atom stereocenters. The SMILES string of the molecule is OCCO[C@H]1CC[C@@H](Nc2ncc3c(-c4ccc5nnccc5c4)c[nH]c3n2)CC1. The highest BCUT2D eigenvalue weighted by Crippen LogP contribution is 2.30. The van der Waals surface area contributed by atoms with Crippen LogP contribution in [-0.4, -0.2) is 55.6 Å². The van der Waals surface area contributed by atoms with Gasteiger partial charge in [-0.25, -0.2) is 4.98 Å². The van der Waals surface area contributed by atoms with Crippen LogP contribution in [0.25, 0.3) is 33.1 Å². The molecule has 0 saturated heterocycles. The summed E-state index contributed by atoms with van der Waals surface area (Å²) < 4.78 is 5.64. The maximum Gasteiger partial charge on any atom is 0.224 e. The van der Waals surface area contributed by atoms with Gasteiger partial charge in [-0.1, -0.05) is 6.07 Å². The molecule has 5 rings (SSSR count). The summed E-state index contributed by atoms with van der Waals surface area (Å²) in [5.74, 6) is 0.643. The number of hydrogen-bond donors (Lipinski definition) is 3. The second kappa shape index (κ2) is 8.33. The third-order valence-electron chi connectivity index (χ3n) is 5.71. The zero-order valence-corrected chi connectivity index (χ0v) is 16.6. The molecule has 1 aromatic carbocycles. The van der Waals surface area contributed by atoms with Crippen LogP contribution in [0.3, 0.4) is 0 Å². The van der Waals surface area contributed by atoms with Crippen molar-refractivity contribution in [1.82, 2.24) is 25.1 Å². The molecule has 1 fully saturated rings. The lowest BCUT2D eigenvalue weighted by Gasteiger charge is -2.28. The van der Waals surface area contributed by atoms with E-state index < -0.39 is 0 Å². The number of nitrogens with zero attached hydrogens (tertiary/aromatic N) is 4. The molecule has 4 aromatic rings. The topological polar surface area (TPSA) is 109 Å². The summed E-state index contributed by atoms with van der Waals surface area (Å²) >= 11 is 0. The summed E-state index contributed by atoms with van der Waals surface area (Å²) in [4.78, 5) is 12.5. The van der Waals surface area contributed by atoms with Crippen molar-refractivity contribution in [2.24, 2.45) is 0 Å². The van der Waals surface area contributed by atoms with Gasteiger partial charge in [-0.15, -0.1) is 0 Å². The van der Waals surface area contributed by atoms with Crippen LogP contribution >= 0.6 is 0 Å². The van der Waals surface area contributed by atoms with Crippen LogP contribution < -0.4 is 5.32 Å². The second-order valence-electron chi connectivity index (χ2n) is 7.68. The number of rotatable bonds is 6. The van der Waals surface area contributed by atoms with Crippen molar-refractivity contribution in [3.05, 3.63) is 42.9 Å². The molecule has 0 atom stereocenters. The molecule has 1 aliphatic carbocycles. The Bertz CT molecular complexity index is 1150. The van der Waals surface area contributed by atoms with Gasteiger partial charge in [0.2, 0.25) is 5.95 Å². The highest BCUT2D eigenvalue weighted by molar-refractivity contribution is 5.96. The second-order valence-corrected chi connectivity index (χ2v) is 7.68. The molecule has 8 nitrogen and oxygen atoms in total. The van der Waals surface area contributed by atoms with E-state index in [4.69, 9.17) is 9.84 Å². The van der Waals surface area contributed by atoms with Crippen molar-refractivity contribution >= 4 is 27.9 Å². The van der Waals surface area contributed by atoms with Crippen molar-refractivity contribution in [3.63, 3.8) is 0 Å². The van der Waals surface area contributed by atoms with Gasteiger partial charge in [0.15, 0.2) is 0 Å². The summed E-state index contributed by atoms with van der Waals surface area (Å²) in [6.07, 6.45) is 9.79. The number of aromatic amines is 1. The van der Waals surface area contributed by atoms with Crippen molar-refractivity contribution in [3.8, 4) is 11.1 Å². The zero-order valence-electron chi connectivity index (χ0n) is 16.6. The summed E-state index contributed by atoms with van der Waals surface area (Å²) in [6.45, 7) is 0.500. The number of aromatic nitrogens is 5. The van der Waals surface area contributed by atoms with Gasteiger partial charge in [-0.05, 0) is 49.4 Å². The van der Waals surface area contributed by atoms with Gasteiger partial charge in [0.05, 0.1) is 31.0 Å². The Morgan fingerprint density at radius 1 is 1.17 bits per heavy atom. The highest BCUT2D eigenvalue weighted by atomic mass is 16.5. The number of aliphatic hydroxyl groups excluding tert-OH is 1. The molecule has 3 N–H and O–H groups in total. The fourth-order valence-corrected chi connectivity index (χ4v) is 4.15. The third-order valence-corrected chi connectivity index (χ3v) is 5.71. The van der Waals surface area contributed by atoms with Gasteiger partial charge in [0.25, 0.3) is 0 Å². The molecule has 0 aliphatic heterocycles. The van der Waals surface area contributed by atoms with Gasteiger partial charge >= 0.3 is 0 Å². The molecule has 1 aliphatic rings. The molecule has 3 heterocycles. The van der Waals surface area contributed by atoms with Crippen molar-refractivity contribution in [2.45, 2.75) is 37.8 Å². The first kappa shape index (κ1) is 18.9. The lowest BCUT2D eigenvalue weighted by molar-refractivity contribution is 0.00719. The van der Waals surface area contributed by atoms with Crippen molar-refractivity contribution in [1.29, 1.82) is 0 Å². The summed E-state index contributed by atoms with van der Waals surface area (Å²) in [5.41, 5.74) is 3.85. The quantitative estimate of drug-likeness (QED) is 0.452. The Morgan fingerprint density at radius 3 is 2.93 bits per heavy atom. The lowest BCUT2D eigenvalue weighted by Crippen LogP contribution is -2.30. The van der Waals surface area contributed by atoms with Gasteiger partial charge < -0.3 is 20.1 Å². The maximum atomic E-state index is 8.89. The molecule has 1 saturated carbocycles. The fraction of sp³-hybridized carbons (Fsp3) is 0.364. The number of H-pyrrole nitrogens is 1. The Hall–Kier alpha value is -3.10. The minimum atomic E-state index is 0.0808. The number of ether oxygens (including phenoxy) is 1. The Morgan fingerprint density at radius 2 is 2.07 bits per heavy atom. The Labute approximate surface area is 173 Å². The fourth-order valence-electron chi connectivity index (χ4n) is 4.15. The summed E-state index contributed by atoms with van der Waals surface area (Å²) in [7, 11) is 0. The van der Waals surface area contributed by atoms with Gasteiger partial charge in [0.1, 0.15) is 5.65 Å². The van der Waals surface area contributed by atoms with Gasteiger partial charge in [0, 0.05) is 34.8 Å².